The molecule has 1 N–H and O–H groups in total. The number of unbranched alkanes of at least 4 members (excludes halogenated alkanes) is 25. The standard InChI is InChI=1S/C70H119NO8/c1-6-8-10-12-14-16-18-20-22-24-26-28-29-30-31-32-33-34-35-36-37-38-39-41-42-44-46-48-50-52-54-56-58-60-67(72)77-64-66(65-78-70(69(74)75)76-63-62-71(3,4)5)79-68(73)61-59-57-55-53-51-49-47-45-43-40-27-25-23-21-19-17-15-13-11-9-7-2/h9,11,15,17-18,20-21,23-24,26-27,29-30,40,45,47,51,53,66,70H,6-8,10,12-14,16,19,22,25,28,31-39,41-44,46,48-50,52,54-65H2,1-5H3/p+1/b11-9-,17-15-,20-18-,23-21-,26-24-,30-29-,40-27-,47-45-,53-51-. The highest BCUT2D eigenvalue weighted by Gasteiger charge is 2.25. The number of quaternary nitrogens is 1. The Labute approximate surface area is 485 Å². The predicted molar refractivity (Wildman–Crippen MR) is 336 cm³/mol. The fourth-order valence-corrected chi connectivity index (χ4v) is 8.61. The average molecular weight is 1100 g/mol. The third kappa shape index (κ3) is 61.4. The minimum Gasteiger partial charge on any atom is -0.477 e. The molecule has 0 fully saturated rings. The molecule has 0 heterocycles. The van der Waals surface area contributed by atoms with Crippen molar-refractivity contribution in [3.05, 3.63) is 109 Å². The van der Waals surface area contributed by atoms with Crippen LogP contribution in [-0.2, 0) is 33.3 Å². The van der Waals surface area contributed by atoms with Crippen LogP contribution in [0.1, 0.15) is 258 Å². The molecule has 0 aromatic rings. The Morgan fingerprint density at radius 1 is 0.392 bits per heavy atom. The summed E-state index contributed by atoms with van der Waals surface area (Å²) in [5.41, 5.74) is 0. The third-order valence-corrected chi connectivity index (χ3v) is 13.5. The van der Waals surface area contributed by atoms with Crippen LogP contribution in [-0.4, -0.2) is 87.4 Å². The van der Waals surface area contributed by atoms with Gasteiger partial charge in [-0.25, -0.2) is 4.79 Å². The van der Waals surface area contributed by atoms with Gasteiger partial charge in [0.05, 0.1) is 34.4 Å². The highest BCUT2D eigenvalue weighted by molar-refractivity contribution is 5.71. The zero-order chi connectivity index (χ0) is 57.6. The Balaban J connectivity index is 4.18. The Hall–Kier alpha value is -4.05. The van der Waals surface area contributed by atoms with Crippen LogP contribution in [0, 0.1) is 0 Å². The van der Waals surface area contributed by atoms with Crippen molar-refractivity contribution in [1.29, 1.82) is 0 Å². The van der Waals surface area contributed by atoms with Crippen LogP contribution in [0.25, 0.3) is 0 Å². The van der Waals surface area contributed by atoms with E-state index < -0.39 is 24.3 Å². The second kappa shape index (κ2) is 60.1. The molecule has 452 valence electrons. The lowest BCUT2D eigenvalue weighted by atomic mass is 10.0. The molecule has 0 aromatic heterocycles. The van der Waals surface area contributed by atoms with Crippen LogP contribution in [0.3, 0.4) is 0 Å². The molecular weight excluding hydrogens is 983 g/mol. The topological polar surface area (TPSA) is 108 Å². The maximum Gasteiger partial charge on any atom is 0.361 e. The van der Waals surface area contributed by atoms with Crippen LogP contribution in [0.4, 0.5) is 0 Å². The smallest absolute Gasteiger partial charge is 0.361 e. The van der Waals surface area contributed by atoms with Crippen molar-refractivity contribution in [3.8, 4) is 0 Å². The van der Waals surface area contributed by atoms with Gasteiger partial charge in [-0.05, 0) is 103 Å². The number of carboxylic acids is 1. The van der Waals surface area contributed by atoms with Gasteiger partial charge in [-0.15, -0.1) is 0 Å². The number of carbonyl (C=O) groups is 3. The van der Waals surface area contributed by atoms with Gasteiger partial charge in [0.25, 0.3) is 6.29 Å². The van der Waals surface area contributed by atoms with Crippen LogP contribution >= 0.6 is 0 Å². The molecule has 9 nitrogen and oxygen atoms in total. The number of hydrogen-bond donors (Lipinski definition) is 1. The van der Waals surface area contributed by atoms with Gasteiger partial charge in [0.15, 0.2) is 6.10 Å². The summed E-state index contributed by atoms with van der Waals surface area (Å²) in [4.78, 5) is 37.5. The SMILES string of the molecule is CC/C=C\C/C=C\C/C=C\C/C=C\C/C=C\C/C=C\CCCCC(=O)OC(COC(=O)CCCCCCCCCCCCCCCCCCCC/C=C\C/C=C\C/C=C\CCCCCCC)COC(OCC[N+](C)(C)C)C(=O)O. The van der Waals surface area contributed by atoms with Gasteiger partial charge >= 0.3 is 17.9 Å². The average Bonchev–Trinajstić information content (AvgIpc) is 3.42. The lowest BCUT2D eigenvalue weighted by Crippen LogP contribution is -2.40. The van der Waals surface area contributed by atoms with E-state index in [1.54, 1.807) is 0 Å². The van der Waals surface area contributed by atoms with E-state index in [1.165, 1.54) is 141 Å². The molecule has 0 saturated heterocycles. The van der Waals surface area contributed by atoms with E-state index >= 15 is 0 Å². The minimum atomic E-state index is -1.53. The summed E-state index contributed by atoms with van der Waals surface area (Å²) in [6, 6.07) is 0. The zero-order valence-electron chi connectivity index (χ0n) is 51.5. The summed E-state index contributed by atoms with van der Waals surface area (Å²) in [7, 11) is 5.95. The molecule has 0 rings (SSSR count). The van der Waals surface area contributed by atoms with Crippen LogP contribution in [0.5, 0.6) is 0 Å². The number of nitrogens with zero attached hydrogens (tertiary/aromatic N) is 1. The molecule has 0 aliphatic carbocycles. The van der Waals surface area contributed by atoms with Crippen molar-refractivity contribution in [2.45, 2.75) is 270 Å². The quantitative estimate of drug-likeness (QED) is 0.0211. The second-order valence-corrected chi connectivity index (χ2v) is 22.3. The maximum atomic E-state index is 12.9. The van der Waals surface area contributed by atoms with Gasteiger partial charge < -0.3 is 28.5 Å². The van der Waals surface area contributed by atoms with Crippen molar-refractivity contribution in [1.82, 2.24) is 0 Å². The van der Waals surface area contributed by atoms with E-state index in [-0.39, 0.29) is 38.6 Å². The lowest BCUT2D eigenvalue weighted by Gasteiger charge is -2.25. The van der Waals surface area contributed by atoms with Gasteiger partial charge in [-0.3, -0.25) is 9.59 Å². The molecule has 0 aromatic carbocycles. The molecule has 0 bridgehead atoms. The molecular formula is C70H120NO8+. The van der Waals surface area contributed by atoms with E-state index in [0.717, 1.165) is 83.5 Å². The number of rotatable bonds is 58. The van der Waals surface area contributed by atoms with E-state index in [1.807, 2.05) is 21.1 Å². The van der Waals surface area contributed by atoms with Crippen molar-refractivity contribution in [2.24, 2.45) is 0 Å². The molecule has 79 heavy (non-hydrogen) atoms. The largest absolute Gasteiger partial charge is 0.477 e. The fourth-order valence-electron chi connectivity index (χ4n) is 8.61. The first-order chi connectivity index (χ1) is 38.6. The van der Waals surface area contributed by atoms with Crippen molar-refractivity contribution in [3.63, 3.8) is 0 Å². The van der Waals surface area contributed by atoms with E-state index in [4.69, 9.17) is 18.9 Å². The van der Waals surface area contributed by atoms with E-state index in [9.17, 15) is 19.5 Å². The predicted octanol–water partition coefficient (Wildman–Crippen LogP) is 19.5. The summed E-state index contributed by atoms with van der Waals surface area (Å²) < 4.78 is 22.9. The van der Waals surface area contributed by atoms with Crippen molar-refractivity contribution in [2.75, 3.05) is 47.5 Å². The Bertz CT molecular complexity index is 1660. The summed E-state index contributed by atoms with van der Waals surface area (Å²) in [5, 5.41) is 9.72. The van der Waals surface area contributed by atoms with Gasteiger partial charge in [-0.2, -0.15) is 0 Å². The molecule has 0 saturated carbocycles. The Morgan fingerprint density at radius 2 is 0.722 bits per heavy atom. The molecule has 9 heteroatoms. The van der Waals surface area contributed by atoms with Crippen LogP contribution in [0.15, 0.2) is 109 Å². The summed E-state index contributed by atoms with van der Waals surface area (Å²) in [5.74, 6) is -2.07. The molecule has 0 spiro atoms. The number of carboxylic acid groups (broad SMARTS) is 1. The zero-order valence-corrected chi connectivity index (χ0v) is 51.5. The van der Waals surface area contributed by atoms with E-state index in [2.05, 4.69) is 123 Å². The van der Waals surface area contributed by atoms with Gasteiger partial charge in [0, 0.05) is 12.8 Å². The number of hydrogen-bond acceptors (Lipinski definition) is 7. The Morgan fingerprint density at radius 3 is 1.10 bits per heavy atom. The van der Waals surface area contributed by atoms with E-state index in [0.29, 0.717) is 17.4 Å². The lowest BCUT2D eigenvalue weighted by molar-refractivity contribution is -0.870. The molecule has 0 aliphatic heterocycles. The number of aliphatic carboxylic acids is 1. The van der Waals surface area contributed by atoms with Crippen LogP contribution < -0.4 is 0 Å². The highest BCUT2D eigenvalue weighted by atomic mass is 16.7. The third-order valence-electron chi connectivity index (χ3n) is 13.5. The van der Waals surface area contributed by atoms with Gasteiger partial charge in [-0.1, -0.05) is 252 Å². The molecule has 2 unspecified atom stereocenters. The monoisotopic (exact) mass is 1100 g/mol. The summed E-state index contributed by atoms with van der Waals surface area (Å²) >= 11 is 0. The summed E-state index contributed by atoms with van der Waals surface area (Å²) in [6.07, 6.45) is 80.5. The van der Waals surface area contributed by atoms with Crippen LogP contribution in [0.2, 0.25) is 0 Å². The van der Waals surface area contributed by atoms with Crippen molar-refractivity contribution < 1.29 is 42.9 Å². The number of allylic oxidation sites excluding steroid dienone is 18. The van der Waals surface area contributed by atoms with Gasteiger partial charge in [0.1, 0.15) is 13.2 Å². The fraction of sp³-hybridized carbons (Fsp3) is 0.700. The number of carbonyl (C=O) groups excluding carboxylic acids is 2. The normalized spacial score (nSPS) is 13.5. The minimum absolute atomic E-state index is 0.174. The van der Waals surface area contributed by atoms with Crippen molar-refractivity contribution >= 4 is 17.9 Å². The Kier molecular flexibility index (Phi) is 57.0. The highest BCUT2D eigenvalue weighted by Crippen LogP contribution is 2.16. The molecule has 0 radical (unpaired) electrons. The number of likely N-dealkylation sites (N-methyl/N-ethyl adjacent to an activating group) is 1. The first kappa shape index (κ1) is 75.0. The number of ether oxygens (including phenoxy) is 4. The second-order valence-electron chi connectivity index (χ2n) is 22.3. The van der Waals surface area contributed by atoms with Gasteiger partial charge in [0.2, 0.25) is 0 Å². The molecule has 0 aliphatic rings. The summed E-state index contributed by atoms with van der Waals surface area (Å²) in [6.45, 7) is 4.70. The first-order valence-electron chi connectivity index (χ1n) is 32.1. The first-order valence-corrected chi connectivity index (χ1v) is 32.1. The number of esters is 2. The molecule has 0 amide bonds. The molecule has 2 atom stereocenters. The maximum absolute atomic E-state index is 12.9.